The van der Waals surface area contributed by atoms with Gasteiger partial charge in [-0.25, -0.2) is 4.79 Å². The molecule has 4 amide bonds. The van der Waals surface area contributed by atoms with Crippen LogP contribution in [0.1, 0.15) is 45.8 Å². The summed E-state index contributed by atoms with van der Waals surface area (Å²) in [5.41, 5.74) is 2.49. The lowest BCUT2D eigenvalue weighted by molar-refractivity contribution is -0.123. The molecular formula is C20H23N5O4. The van der Waals surface area contributed by atoms with Crippen LogP contribution in [0.15, 0.2) is 24.3 Å². The maximum Gasteiger partial charge on any atom is 0.322 e. The molecule has 2 aromatic rings. The number of nitrogens with one attached hydrogen (secondary N) is 3. The predicted molar refractivity (Wildman–Crippen MR) is 103 cm³/mol. The van der Waals surface area contributed by atoms with E-state index in [2.05, 4.69) is 20.8 Å². The number of aryl methyl sites for hydroxylation is 2. The number of rotatable bonds is 3. The van der Waals surface area contributed by atoms with Crippen LogP contribution in [-0.2, 0) is 15.1 Å². The van der Waals surface area contributed by atoms with Crippen LogP contribution in [0.4, 0.5) is 4.79 Å². The minimum absolute atomic E-state index is 0.159. The first kappa shape index (κ1) is 19.1. The summed E-state index contributed by atoms with van der Waals surface area (Å²) >= 11 is 0. The molecule has 152 valence electrons. The number of benzene rings is 1. The van der Waals surface area contributed by atoms with Gasteiger partial charge in [-0.3, -0.25) is 20.0 Å². The van der Waals surface area contributed by atoms with Gasteiger partial charge in [-0.15, -0.1) is 0 Å². The molecular weight excluding hydrogens is 374 g/mol. The van der Waals surface area contributed by atoms with E-state index in [1.807, 2.05) is 13.8 Å². The Morgan fingerprint density at radius 2 is 2.10 bits per heavy atom. The summed E-state index contributed by atoms with van der Waals surface area (Å²) in [4.78, 5) is 39.0. The molecule has 9 nitrogen and oxygen atoms in total. The number of aromatic nitrogens is 2. The Morgan fingerprint density at radius 1 is 1.31 bits per heavy atom. The van der Waals surface area contributed by atoms with Gasteiger partial charge in [0.2, 0.25) is 0 Å². The van der Waals surface area contributed by atoms with E-state index < -0.39 is 17.5 Å². The zero-order valence-electron chi connectivity index (χ0n) is 16.5. The fourth-order valence-corrected chi connectivity index (χ4v) is 4.01. The molecule has 2 atom stereocenters. The van der Waals surface area contributed by atoms with E-state index in [4.69, 9.17) is 4.74 Å². The minimum atomic E-state index is -1.21. The average molecular weight is 397 g/mol. The van der Waals surface area contributed by atoms with Crippen molar-refractivity contribution in [1.82, 2.24) is 25.7 Å². The number of amides is 4. The SMILES string of the molecule is Cc1n[nH]c(C)c1C1COCCN1C(=O)c1cccc(C2(C)NC(=O)NC2=O)c1. The van der Waals surface area contributed by atoms with Crippen molar-refractivity contribution >= 4 is 17.8 Å². The molecule has 29 heavy (non-hydrogen) atoms. The summed E-state index contributed by atoms with van der Waals surface area (Å²) in [6, 6.07) is 6.02. The Bertz CT molecular complexity index is 981. The van der Waals surface area contributed by atoms with E-state index in [0.29, 0.717) is 30.9 Å². The van der Waals surface area contributed by atoms with Gasteiger partial charge in [-0.05, 0) is 38.5 Å². The van der Waals surface area contributed by atoms with Gasteiger partial charge in [0.05, 0.1) is 24.9 Å². The van der Waals surface area contributed by atoms with Crippen molar-refractivity contribution in [2.24, 2.45) is 0 Å². The number of morpholine rings is 1. The minimum Gasteiger partial charge on any atom is -0.377 e. The van der Waals surface area contributed by atoms with Crippen LogP contribution in [-0.4, -0.2) is 52.7 Å². The fourth-order valence-electron chi connectivity index (χ4n) is 4.01. The molecule has 0 aliphatic carbocycles. The number of H-pyrrole nitrogens is 1. The second-order valence-electron chi connectivity index (χ2n) is 7.55. The van der Waals surface area contributed by atoms with Crippen LogP contribution >= 0.6 is 0 Å². The molecule has 3 heterocycles. The highest BCUT2D eigenvalue weighted by Crippen LogP contribution is 2.31. The number of carbonyl (C=O) groups excluding carboxylic acids is 3. The summed E-state index contributed by atoms with van der Waals surface area (Å²) in [7, 11) is 0. The van der Waals surface area contributed by atoms with Crippen molar-refractivity contribution in [3.05, 3.63) is 52.3 Å². The molecule has 0 saturated carbocycles. The molecule has 0 spiro atoms. The number of nitrogens with zero attached hydrogens (tertiary/aromatic N) is 2. The molecule has 0 radical (unpaired) electrons. The van der Waals surface area contributed by atoms with Crippen LogP contribution in [0.25, 0.3) is 0 Å². The largest absolute Gasteiger partial charge is 0.377 e. The summed E-state index contributed by atoms with van der Waals surface area (Å²) in [5, 5.41) is 12.1. The van der Waals surface area contributed by atoms with E-state index >= 15 is 0 Å². The second kappa shape index (κ2) is 7.00. The van der Waals surface area contributed by atoms with Gasteiger partial charge in [0, 0.05) is 23.4 Å². The van der Waals surface area contributed by atoms with Gasteiger partial charge < -0.3 is 15.0 Å². The van der Waals surface area contributed by atoms with Gasteiger partial charge >= 0.3 is 6.03 Å². The van der Waals surface area contributed by atoms with Gasteiger partial charge in [0.15, 0.2) is 0 Å². The summed E-state index contributed by atoms with van der Waals surface area (Å²) < 4.78 is 5.64. The van der Waals surface area contributed by atoms with Crippen LogP contribution in [0, 0.1) is 13.8 Å². The summed E-state index contributed by atoms with van der Waals surface area (Å²) in [5.74, 6) is -0.602. The van der Waals surface area contributed by atoms with Crippen molar-refractivity contribution in [3.8, 4) is 0 Å². The number of hydrogen-bond acceptors (Lipinski definition) is 5. The third kappa shape index (κ3) is 3.17. The standard InChI is InChI=1S/C20H23N5O4/c1-11-16(12(2)24-23-11)15-10-29-8-7-25(15)17(26)13-5-4-6-14(9-13)20(3)18(27)21-19(28)22-20/h4-6,9,15H,7-8,10H2,1-3H3,(H,23,24)(H2,21,22,27,28). The van der Waals surface area contributed by atoms with Crippen molar-refractivity contribution in [2.45, 2.75) is 32.4 Å². The lowest BCUT2D eigenvalue weighted by atomic mass is 9.90. The second-order valence-corrected chi connectivity index (χ2v) is 7.55. The van der Waals surface area contributed by atoms with Crippen molar-refractivity contribution in [3.63, 3.8) is 0 Å². The van der Waals surface area contributed by atoms with Crippen molar-refractivity contribution in [1.29, 1.82) is 0 Å². The Morgan fingerprint density at radius 3 is 2.76 bits per heavy atom. The molecule has 2 saturated heterocycles. The smallest absolute Gasteiger partial charge is 0.322 e. The molecule has 2 unspecified atom stereocenters. The lowest BCUT2D eigenvalue weighted by Gasteiger charge is -2.36. The van der Waals surface area contributed by atoms with Gasteiger partial charge in [0.1, 0.15) is 5.54 Å². The van der Waals surface area contributed by atoms with Crippen molar-refractivity contribution < 1.29 is 19.1 Å². The molecule has 1 aromatic carbocycles. The van der Waals surface area contributed by atoms with Crippen LogP contribution in [0.2, 0.25) is 0 Å². The van der Waals surface area contributed by atoms with E-state index in [-0.39, 0.29) is 11.9 Å². The Kier molecular flexibility index (Phi) is 4.62. The van der Waals surface area contributed by atoms with E-state index in [0.717, 1.165) is 17.0 Å². The number of carbonyl (C=O) groups is 3. The topological polar surface area (TPSA) is 116 Å². The monoisotopic (exact) mass is 397 g/mol. The van der Waals surface area contributed by atoms with E-state index in [1.54, 1.807) is 36.1 Å². The third-order valence-corrected chi connectivity index (χ3v) is 5.64. The number of hydrogen-bond donors (Lipinski definition) is 3. The number of aromatic amines is 1. The van der Waals surface area contributed by atoms with Crippen LogP contribution in [0.3, 0.4) is 0 Å². The van der Waals surface area contributed by atoms with E-state index in [1.165, 1.54) is 0 Å². The molecule has 3 N–H and O–H groups in total. The van der Waals surface area contributed by atoms with Crippen LogP contribution < -0.4 is 10.6 Å². The molecule has 2 aliphatic rings. The normalized spacial score (nSPS) is 24.4. The molecule has 2 fully saturated rings. The average Bonchev–Trinajstić information content (AvgIpc) is 3.18. The predicted octanol–water partition coefficient (Wildman–Crippen LogP) is 1.29. The Hall–Kier alpha value is -3.20. The molecule has 0 bridgehead atoms. The van der Waals surface area contributed by atoms with Crippen molar-refractivity contribution in [2.75, 3.05) is 19.8 Å². The quantitative estimate of drug-likeness (QED) is 0.675. The third-order valence-electron chi connectivity index (χ3n) is 5.64. The highest BCUT2D eigenvalue weighted by atomic mass is 16.5. The molecule has 2 aliphatic heterocycles. The van der Waals surface area contributed by atoms with Crippen LogP contribution in [0.5, 0.6) is 0 Å². The summed E-state index contributed by atoms with van der Waals surface area (Å²) in [6.45, 7) is 6.74. The highest BCUT2D eigenvalue weighted by molar-refractivity contribution is 6.07. The van der Waals surface area contributed by atoms with Gasteiger partial charge in [0.25, 0.3) is 11.8 Å². The number of imide groups is 1. The van der Waals surface area contributed by atoms with Gasteiger partial charge in [-0.2, -0.15) is 5.10 Å². The first-order valence-electron chi connectivity index (χ1n) is 9.45. The van der Waals surface area contributed by atoms with Gasteiger partial charge in [-0.1, -0.05) is 12.1 Å². The Labute approximate surface area is 167 Å². The maximum absolute atomic E-state index is 13.4. The zero-order chi connectivity index (χ0) is 20.8. The first-order valence-corrected chi connectivity index (χ1v) is 9.45. The van der Waals surface area contributed by atoms with E-state index in [9.17, 15) is 14.4 Å². The zero-order valence-corrected chi connectivity index (χ0v) is 16.5. The molecule has 9 heteroatoms. The first-order chi connectivity index (χ1) is 13.8. The maximum atomic E-state index is 13.4. The lowest BCUT2D eigenvalue weighted by Crippen LogP contribution is -2.44. The highest BCUT2D eigenvalue weighted by Gasteiger charge is 2.43. The number of urea groups is 1. The fraction of sp³-hybridized carbons (Fsp3) is 0.400. The Balaban J connectivity index is 1.67. The summed E-state index contributed by atoms with van der Waals surface area (Å²) in [6.07, 6.45) is 0. The molecule has 1 aromatic heterocycles. The molecule has 4 rings (SSSR count). The number of ether oxygens (including phenoxy) is 1.